The van der Waals surface area contributed by atoms with Gasteiger partial charge in [0.25, 0.3) is 5.91 Å². The maximum atomic E-state index is 13.9. The van der Waals surface area contributed by atoms with Gasteiger partial charge in [0.2, 0.25) is 0 Å². The zero-order valence-electron chi connectivity index (χ0n) is 12.5. The lowest BCUT2D eigenvalue weighted by Crippen LogP contribution is -2.44. The van der Waals surface area contributed by atoms with Gasteiger partial charge in [-0.05, 0) is 38.5 Å². The fourth-order valence-electron chi connectivity index (χ4n) is 1.60. The summed E-state index contributed by atoms with van der Waals surface area (Å²) in [5.41, 5.74) is 5.56. The lowest BCUT2D eigenvalue weighted by molar-refractivity contribution is 0.0620. The molecule has 0 saturated heterocycles. The Balaban J connectivity index is 3.04. The van der Waals surface area contributed by atoms with Gasteiger partial charge >= 0.3 is 0 Å². The van der Waals surface area contributed by atoms with E-state index in [9.17, 15) is 9.18 Å². The SMILES string of the molecule is CCC(C)(C)N(C)C(=O)c1ccc(C#CCN)c(F)c1. The zero-order chi connectivity index (χ0) is 15.3. The first kappa shape index (κ1) is 16.2. The van der Waals surface area contributed by atoms with E-state index >= 15 is 0 Å². The molecule has 0 heterocycles. The number of halogens is 1. The van der Waals surface area contributed by atoms with E-state index < -0.39 is 5.82 Å². The predicted molar refractivity (Wildman–Crippen MR) is 78.8 cm³/mol. The quantitative estimate of drug-likeness (QED) is 0.862. The van der Waals surface area contributed by atoms with Gasteiger partial charge in [-0.3, -0.25) is 4.79 Å². The molecule has 0 aliphatic rings. The summed E-state index contributed by atoms with van der Waals surface area (Å²) in [6, 6.07) is 4.33. The maximum absolute atomic E-state index is 13.9. The molecule has 0 bridgehead atoms. The van der Waals surface area contributed by atoms with E-state index in [1.165, 1.54) is 12.1 Å². The van der Waals surface area contributed by atoms with Gasteiger partial charge in [-0.1, -0.05) is 18.8 Å². The first-order valence-electron chi connectivity index (χ1n) is 6.60. The van der Waals surface area contributed by atoms with Crippen LogP contribution >= 0.6 is 0 Å². The summed E-state index contributed by atoms with van der Waals surface area (Å²) in [7, 11) is 1.73. The molecule has 0 unspecified atom stereocenters. The molecule has 0 spiro atoms. The van der Waals surface area contributed by atoms with Crippen molar-refractivity contribution in [3.8, 4) is 11.8 Å². The van der Waals surface area contributed by atoms with Crippen molar-refractivity contribution in [1.29, 1.82) is 0 Å². The molecule has 4 heteroatoms. The standard InChI is InChI=1S/C16H21FN2O/c1-5-16(2,3)19(4)15(20)13-9-8-12(7-6-10-18)14(17)11-13/h8-9,11H,5,10,18H2,1-4H3. The Morgan fingerprint density at radius 3 is 2.60 bits per heavy atom. The van der Waals surface area contributed by atoms with Gasteiger partial charge in [0.15, 0.2) is 0 Å². The molecule has 0 aromatic heterocycles. The molecule has 0 radical (unpaired) electrons. The van der Waals surface area contributed by atoms with E-state index in [0.29, 0.717) is 5.56 Å². The van der Waals surface area contributed by atoms with Crippen molar-refractivity contribution in [3.63, 3.8) is 0 Å². The van der Waals surface area contributed by atoms with Crippen LogP contribution in [0, 0.1) is 17.7 Å². The highest BCUT2D eigenvalue weighted by molar-refractivity contribution is 5.94. The van der Waals surface area contributed by atoms with Crippen LogP contribution in [0.5, 0.6) is 0 Å². The summed E-state index contributed by atoms with van der Waals surface area (Å²) in [6.07, 6.45) is 0.817. The second-order valence-corrected chi connectivity index (χ2v) is 5.23. The zero-order valence-corrected chi connectivity index (χ0v) is 12.5. The smallest absolute Gasteiger partial charge is 0.254 e. The van der Waals surface area contributed by atoms with Crippen molar-refractivity contribution in [2.24, 2.45) is 5.73 Å². The van der Waals surface area contributed by atoms with Crippen LogP contribution in [0.25, 0.3) is 0 Å². The third-order valence-electron chi connectivity index (χ3n) is 3.62. The third-order valence-corrected chi connectivity index (χ3v) is 3.62. The number of carbonyl (C=O) groups excluding carboxylic acids is 1. The molecule has 1 aromatic rings. The third kappa shape index (κ3) is 3.58. The van der Waals surface area contributed by atoms with Gasteiger partial charge < -0.3 is 10.6 Å². The average Bonchev–Trinajstić information content (AvgIpc) is 2.44. The summed E-state index contributed by atoms with van der Waals surface area (Å²) in [5, 5.41) is 0. The molecule has 20 heavy (non-hydrogen) atoms. The molecule has 1 rings (SSSR count). The van der Waals surface area contributed by atoms with Crippen molar-refractivity contribution in [2.45, 2.75) is 32.7 Å². The van der Waals surface area contributed by atoms with Crippen LogP contribution in [0.2, 0.25) is 0 Å². The first-order valence-corrected chi connectivity index (χ1v) is 6.60. The van der Waals surface area contributed by atoms with Crippen LogP contribution in [0.15, 0.2) is 18.2 Å². The van der Waals surface area contributed by atoms with Gasteiger partial charge in [-0.15, -0.1) is 0 Å². The second-order valence-electron chi connectivity index (χ2n) is 5.23. The van der Waals surface area contributed by atoms with Gasteiger partial charge in [0.05, 0.1) is 12.1 Å². The van der Waals surface area contributed by atoms with Gasteiger partial charge in [-0.25, -0.2) is 4.39 Å². The summed E-state index contributed by atoms with van der Waals surface area (Å²) >= 11 is 0. The van der Waals surface area contributed by atoms with Crippen LogP contribution in [0.1, 0.15) is 43.1 Å². The summed E-state index contributed by atoms with van der Waals surface area (Å²) in [6.45, 7) is 6.13. The Hall–Kier alpha value is -1.86. The average molecular weight is 276 g/mol. The van der Waals surface area contributed by atoms with Gasteiger partial charge in [-0.2, -0.15) is 0 Å². The van der Waals surface area contributed by atoms with E-state index in [0.717, 1.165) is 6.42 Å². The molecular weight excluding hydrogens is 255 g/mol. The molecule has 1 aromatic carbocycles. The predicted octanol–water partition coefficient (Wildman–Crippen LogP) is 2.40. The molecule has 3 nitrogen and oxygen atoms in total. The molecule has 0 fully saturated rings. The second kappa shape index (κ2) is 6.53. The monoisotopic (exact) mass is 276 g/mol. The summed E-state index contributed by atoms with van der Waals surface area (Å²) in [4.78, 5) is 14.0. The van der Waals surface area contributed by atoms with Crippen molar-refractivity contribution < 1.29 is 9.18 Å². The highest BCUT2D eigenvalue weighted by atomic mass is 19.1. The van der Waals surface area contributed by atoms with E-state index in [2.05, 4.69) is 11.8 Å². The minimum Gasteiger partial charge on any atom is -0.337 e. The van der Waals surface area contributed by atoms with Crippen molar-refractivity contribution in [1.82, 2.24) is 4.90 Å². The van der Waals surface area contributed by atoms with E-state index in [-0.39, 0.29) is 23.6 Å². The number of hydrogen-bond acceptors (Lipinski definition) is 2. The van der Waals surface area contributed by atoms with E-state index in [1.54, 1.807) is 18.0 Å². The van der Waals surface area contributed by atoms with Crippen LogP contribution in [-0.2, 0) is 0 Å². The first-order chi connectivity index (χ1) is 9.33. The Morgan fingerprint density at radius 1 is 1.45 bits per heavy atom. The highest BCUT2D eigenvalue weighted by Crippen LogP contribution is 2.20. The van der Waals surface area contributed by atoms with Crippen molar-refractivity contribution >= 4 is 5.91 Å². The number of hydrogen-bond donors (Lipinski definition) is 1. The number of rotatable bonds is 3. The minimum absolute atomic E-state index is 0.174. The number of carbonyl (C=O) groups is 1. The normalized spacial score (nSPS) is 10.7. The summed E-state index contributed by atoms with van der Waals surface area (Å²) < 4.78 is 13.9. The lowest BCUT2D eigenvalue weighted by atomic mass is 9.98. The van der Waals surface area contributed by atoms with Crippen molar-refractivity contribution in [2.75, 3.05) is 13.6 Å². The molecular formula is C16H21FN2O. The number of amides is 1. The molecule has 0 saturated carbocycles. The fourth-order valence-corrected chi connectivity index (χ4v) is 1.60. The van der Waals surface area contributed by atoms with Crippen LogP contribution in [-0.4, -0.2) is 29.9 Å². The van der Waals surface area contributed by atoms with E-state index in [4.69, 9.17) is 5.73 Å². The summed E-state index contributed by atoms with van der Waals surface area (Å²) in [5.74, 6) is 4.53. The molecule has 2 N–H and O–H groups in total. The molecule has 0 aliphatic carbocycles. The minimum atomic E-state index is -0.500. The van der Waals surface area contributed by atoms with Gasteiger partial charge in [0, 0.05) is 18.2 Å². The molecule has 0 aliphatic heterocycles. The highest BCUT2D eigenvalue weighted by Gasteiger charge is 2.26. The van der Waals surface area contributed by atoms with Crippen LogP contribution in [0.4, 0.5) is 4.39 Å². The maximum Gasteiger partial charge on any atom is 0.254 e. The number of benzene rings is 1. The fraction of sp³-hybridized carbons (Fsp3) is 0.438. The van der Waals surface area contributed by atoms with E-state index in [1.807, 2.05) is 20.8 Å². The molecule has 108 valence electrons. The van der Waals surface area contributed by atoms with Crippen molar-refractivity contribution in [3.05, 3.63) is 35.1 Å². The van der Waals surface area contributed by atoms with Crippen LogP contribution in [0.3, 0.4) is 0 Å². The lowest BCUT2D eigenvalue weighted by Gasteiger charge is -2.35. The molecule has 1 amide bonds. The topological polar surface area (TPSA) is 46.3 Å². The van der Waals surface area contributed by atoms with Crippen LogP contribution < -0.4 is 5.73 Å². The number of nitrogens with zero attached hydrogens (tertiary/aromatic N) is 1. The Bertz CT molecular complexity index is 555. The number of nitrogens with two attached hydrogens (primary N) is 1. The Labute approximate surface area is 120 Å². The van der Waals surface area contributed by atoms with Gasteiger partial charge in [0.1, 0.15) is 5.82 Å². The largest absolute Gasteiger partial charge is 0.337 e. The Kier molecular flexibility index (Phi) is 5.29. The molecule has 0 atom stereocenters. The Morgan fingerprint density at radius 2 is 2.10 bits per heavy atom.